The molecule has 0 saturated carbocycles. The lowest BCUT2D eigenvalue weighted by Crippen LogP contribution is -1.90. The molecule has 0 fully saturated rings. The Bertz CT molecular complexity index is 531. The van der Waals surface area contributed by atoms with Crippen molar-refractivity contribution in [2.75, 3.05) is 6.61 Å². The van der Waals surface area contributed by atoms with Crippen molar-refractivity contribution < 1.29 is 9.13 Å². The Labute approximate surface area is 94.2 Å². The van der Waals surface area contributed by atoms with Crippen molar-refractivity contribution in [3.05, 3.63) is 54.4 Å². The van der Waals surface area contributed by atoms with E-state index in [-0.39, 0.29) is 5.82 Å². The molecule has 0 aliphatic heterocycles. The van der Waals surface area contributed by atoms with Crippen molar-refractivity contribution in [2.24, 2.45) is 0 Å². The minimum absolute atomic E-state index is 0.203. The van der Waals surface area contributed by atoms with Crippen LogP contribution in [0.25, 0.3) is 16.5 Å². The average Bonchev–Trinajstić information content (AvgIpc) is 2.29. The molecule has 0 heterocycles. The van der Waals surface area contributed by atoms with Gasteiger partial charge in [-0.2, -0.15) is 0 Å². The van der Waals surface area contributed by atoms with E-state index in [1.165, 1.54) is 6.07 Å². The van der Waals surface area contributed by atoms with Gasteiger partial charge in [-0.05, 0) is 24.4 Å². The maximum absolute atomic E-state index is 13.4. The van der Waals surface area contributed by atoms with Crippen molar-refractivity contribution in [1.82, 2.24) is 0 Å². The Balaban J connectivity index is 2.48. The summed E-state index contributed by atoms with van der Waals surface area (Å²) >= 11 is 0. The summed E-state index contributed by atoms with van der Waals surface area (Å²) in [5.41, 5.74) is 0.889. The van der Waals surface area contributed by atoms with Crippen LogP contribution in [0.1, 0.15) is 12.5 Å². The highest BCUT2D eigenvalue weighted by atomic mass is 19.1. The van der Waals surface area contributed by atoms with E-state index in [0.717, 1.165) is 10.9 Å². The van der Waals surface area contributed by atoms with Crippen LogP contribution in [0.3, 0.4) is 0 Å². The first kappa shape index (κ1) is 10.7. The fourth-order valence-electron chi connectivity index (χ4n) is 1.68. The molecule has 0 aromatic heterocycles. The van der Waals surface area contributed by atoms with Gasteiger partial charge in [0.05, 0.1) is 6.61 Å². The van der Waals surface area contributed by atoms with Gasteiger partial charge in [0.1, 0.15) is 11.6 Å². The van der Waals surface area contributed by atoms with Crippen LogP contribution in [0.4, 0.5) is 4.39 Å². The first-order valence-electron chi connectivity index (χ1n) is 5.22. The van der Waals surface area contributed by atoms with E-state index in [1.54, 1.807) is 12.1 Å². The summed E-state index contributed by atoms with van der Waals surface area (Å²) in [6.07, 6.45) is 0. The fraction of sp³-hybridized carbons (Fsp3) is 0.143. The van der Waals surface area contributed by atoms with Gasteiger partial charge in [0, 0.05) is 10.9 Å². The number of hydrogen-bond donors (Lipinski definition) is 0. The monoisotopic (exact) mass is 216 g/mol. The Hall–Kier alpha value is -1.83. The first-order valence-corrected chi connectivity index (χ1v) is 5.22. The van der Waals surface area contributed by atoms with Crippen LogP contribution in [0.5, 0.6) is 0 Å². The second kappa shape index (κ2) is 4.35. The minimum Gasteiger partial charge on any atom is -0.494 e. The lowest BCUT2D eigenvalue weighted by Gasteiger charge is -2.08. The average molecular weight is 216 g/mol. The van der Waals surface area contributed by atoms with E-state index in [9.17, 15) is 4.39 Å². The zero-order valence-corrected chi connectivity index (χ0v) is 9.16. The molecule has 0 atom stereocenters. The maximum atomic E-state index is 13.4. The molecule has 16 heavy (non-hydrogen) atoms. The third kappa shape index (κ3) is 1.91. The highest BCUT2D eigenvalue weighted by molar-refractivity contribution is 5.85. The SMILES string of the molecule is C=C(OCC)c1ccc2c(F)cccc2c1. The van der Waals surface area contributed by atoms with Gasteiger partial charge in [-0.15, -0.1) is 0 Å². The van der Waals surface area contributed by atoms with Crippen LogP contribution in [-0.4, -0.2) is 6.61 Å². The molecule has 1 nitrogen and oxygen atoms in total. The second-order valence-corrected chi connectivity index (χ2v) is 3.53. The molecule has 82 valence electrons. The zero-order valence-electron chi connectivity index (χ0n) is 9.16. The molecule has 2 heteroatoms. The number of ether oxygens (including phenoxy) is 1. The Kier molecular flexibility index (Phi) is 2.91. The Morgan fingerprint density at radius 3 is 2.88 bits per heavy atom. The predicted molar refractivity (Wildman–Crippen MR) is 64.6 cm³/mol. The molecule has 0 N–H and O–H groups in total. The number of rotatable bonds is 3. The van der Waals surface area contributed by atoms with E-state index in [0.29, 0.717) is 17.8 Å². The second-order valence-electron chi connectivity index (χ2n) is 3.53. The number of hydrogen-bond acceptors (Lipinski definition) is 1. The zero-order chi connectivity index (χ0) is 11.5. The lowest BCUT2D eigenvalue weighted by atomic mass is 10.1. The Morgan fingerprint density at radius 2 is 2.12 bits per heavy atom. The topological polar surface area (TPSA) is 9.23 Å². The van der Waals surface area contributed by atoms with Gasteiger partial charge in [-0.1, -0.05) is 30.8 Å². The minimum atomic E-state index is -0.203. The smallest absolute Gasteiger partial charge is 0.131 e. The van der Waals surface area contributed by atoms with Crippen LogP contribution < -0.4 is 0 Å². The van der Waals surface area contributed by atoms with Gasteiger partial charge in [-0.3, -0.25) is 0 Å². The van der Waals surface area contributed by atoms with Gasteiger partial charge >= 0.3 is 0 Å². The van der Waals surface area contributed by atoms with E-state index < -0.39 is 0 Å². The summed E-state index contributed by atoms with van der Waals surface area (Å²) in [7, 11) is 0. The molecule has 0 radical (unpaired) electrons. The van der Waals surface area contributed by atoms with E-state index in [4.69, 9.17) is 4.74 Å². The van der Waals surface area contributed by atoms with Gasteiger partial charge < -0.3 is 4.74 Å². The molecule has 0 bridgehead atoms. The number of benzene rings is 2. The molecule has 2 aromatic carbocycles. The molecular weight excluding hydrogens is 203 g/mol. The summed E-state index contributed by atoms with van der Waals surface area (Å²) < 4.78 is 18.7. The third-order valence-corrected chi connectivity index (χ3v) is 2.47. The predicted octanol–water partition coefficient (Wildman–Crippen LogP) is 3.99. The van der Waals surface area contributed by atoms with Crippen LogP contribution in [0.15, 0.2) is 43.0 Å². The number of halogens is 1. The highest BCUT2D eigenvalue weighted by Gasteiger charge is 2.03. The van der Waals surface area contributed by atoms with Crippen LogP contribution in [0.2, 0.25) is 0 Å². The fourth-order valence-corrected chi connectivity index (χ4v) is 1.68. The highest BCUT2D eigenvalue weighted by Crippen LogP contribution is 2.22. The van der Waals surface area contributed by atoms with Crippen molar-refractivity contribution >= 4 is 16.5 Å². The van der Waals surface area contributed by atoms with Crippen molar-refractivity contribution in [3.63, 3.8) is 0 Å². The summed E-state index contributed by atoms with van der Waals surface area (Å²) in [6.45, 7) is 6.32. The molecule has 0 aliphatic rings. The first-order chi connectivity index (χ1) is 7.72. The largest absolute Gasteiger partial charge is 0.494 e. The molecule has 0 unspecified atom stereocenters. The van der Waals surface area contributed by atoms with Crippen molar-refractivity contribution in [2.45, 2.75) is 6.92 Å². The maximum Gasteiger partial charge on any atom is 0.131 e. The summed E-state index contributed by atoms with van der Waals surface area (Å²) in [4.78, 5) is 0. The molecule has 2 aromatic rings. The van der Waals surface area contributed by atoms with Gasteiger partial charge in [0.2, 0.25) is 0 Å². The third-order valence-electron chi connectivity index (χ3n) is 2.47. The van der Waals surface area contributed by atoms with Gasteiger partial charge in [-0.25, -0.2) is 4.39 Å². The summed E-state index contributed by atoms with van der Waals surface area (Å²) in [5.74, 6) is 0.416. The number of fused-ring (bicyclic) bond motifs is 1. The van der Waals surface area contributed by atoms with Crippen molar-refractivity contribution in [3.8, 4) is 0 Å². The van der Waals surface area contributed by atoms with E-state index in [1.807, 2.05) is 25.1 Å². The molecule has 0 spiro atoms. The quantitative estimate of drug-likeness (QED) is 0.705. The summed E-state index contributed by atoms with van der Waals surface area (Å²) in [5, 5.41) is 1.48. The molecule has 0 amide bonds. The van der Waals surface area contributed by atoms with Crippen molar-refractivity contribution in [1.29, 1.82) is 0 Å². The van der Waals surface area contributed by atoms with Gasteiger partial charge in [0.15, 0.2) is 0 Å². The Morgan fingerprint density at radius 1 is 1.31 bits per heavy atom. The van der Waals surface area contributed by atoms with Crippen LogP contribution in [0, 0.1) is 5.82 Å². The van der Waals surface area contributed by atoms with Crippen LogP contribution in [-0.2, 0) is 4.74 Å². The summed E-state index contributed by atoms with van der Waals surface area (Å²) in [6, 6.07) is 10.5. The van der Waals surface area contributed by atoms with Crippen LogP contribution >= 0.6 is 0 Å². The molecule has 0 saturated heterocycles. The van der Waals surface area contributed by atoms with E-state index >= 15 is 0 Å². The molecule has 0 aliphatic carbocycles. The van der Waals surface area contributed by atoms with Gasteiger partial charge in [0.25, 0.3) is 0 Å². The van der Waals surface area contributed by atoms with E-state index in [2.05, 4.69) is 6.58 Å². The normalized spacial score (nSPS) is 10.4. The molecular formula is C14H13FO. The molecule has 2 rings (SSSR count). The lowest BCUT2D eigenvalue weighted by molar-refractivity contribution is 0.299. The standard InChI is InChI=1S/C14H13FO/c1-3-16-10(2)11-7-8-13-12(9-11)5-4-6-14(13)15/h4-9H,2-3H2,1H3.